The highest BCUT2D eigenvalue weighted by molar-refractivity contribution is 5.75. The molecule has 0 bridgehead atoms. The van der Waals surface area contributed by atoms with E-state index >= 15 is 0 Å². The van der Waals surface area contributed by atoms with Crippen LogP contribution in [-0.4, -0.2) is 23.6 Å². The van der Waals surface area contributed by atoms with Crippen LogP contribution in [0.2, 0.25) is 0 Å². The number of benzene rings is 2. The second-order valence-corrected chi connectivity index (χ2v) is 9.28. The van der Waals surface area contributed by atoms with Crippen molar-refractivity contribution in [2.75, 3.05) is 6.54 Å². The van der Waals surface area contributed by atoms with Gasteiger partial charge in [-0.15, -0.1) is 0 Å². The molecule has 2 aromatic rings. The van der Waals surface area contributed by atoms with Crippen molar-refractivity contribution in [1.29, 1.82) is 0 Å². The van der Waals surface area contributed by atoms with Crippen LogP contribution in [0, 0.1) is 18.7 Å². The Bertz CT molecular complexity index is 1050. The number of alkyl halides is 6. The van der Waals surface area contributed by atoms with E-state index in [1.54, 1.807) is 17.9 Å². The second-order valence-electron chi connectivity index (χ2n) is 9.28. The molecule has 36 heavy (non-hydrogen) atoms. The van der Waals surface area contributed by atoms with E-state index in [2.05, 4.69) is 5.32 Å². The normalized spacial score (nSPS) is 18.6. The molecule has 198 valence electrons. The lowest BCUT2D eigenvalue weighted by Crippen LogP contribution is -2.53. The summed E-state index contributed by atoms with van der Waals surface area (Å²) in [5, 5.41) is 2.64. The molecule has 2 amide bonds. The minimum absolute atomic E-state index is 0.0732. The summed E-state index contributed by atoms with van der Waals surface area (Å²) in [6.07, 6.45) is -8.86. The van der Waals surface area contributed by atoms with E-state index < -0.39 is 41.6 Å². The number of urea groups is 1. The van der Waals surface area contributed by atoms with E-state index in [4.69, 9.17) is 5.73 Å². The minimum atomic E-state index is -4.95. The van der Waals surface area contributed by atoms with Crippen LogP contribution in [0.4, 0.5) is 35.5 Å². The van der Waals surface area contributed by atoms with Gasteiger partial charge in [0.25, 0.3) is 0 Å². The van der Waals surface area contributed by atoms with Gasteiger partial charge in [-0.1, -0.05) is 13.0 Å². The van der Waals surface area contributed by atoms with Crippen molar-refractivity contribution in [3.8, 4) is 0 Å². The van der Waals surface area contributed by atoms with Crippen LogP contribution in [0.25, 0.3) is 0 Å². The van der Waals surface area contributed by atoms with Gasteiger partial charge < -0.3 is 16.0 Å². The first-order valence-corrected chi connectivity index (χ1v) is 11.5. The smallest absolute Gasteiger partial charge is 0.323 e. The first-order valence-electron chi connectivity index (χ1n) is 11.5. The molecule has 1 fully saturated rings. The monoisotopic (exact) mass is 519 g/mol. The van der Waals surface area contributed by atoms with Crippen molar-refractivity contribution in [3.63, 3.8) is 0 Å². The average molecular weight is 520 g/mol. The maximum atomic E-state index is 13.6. The maximum absolute atomic E-state index is 13.6. The zero-order chi connectivity index (χ0) is 26.8. The number of amides is 2. The van der Waals surface area contributed by atoms with Crippen LogP contribution < -0.4 is 11.1 Å². The molecule has 3 N–H and O–H groups in total. The quantitative estimate of drug-likeness (QED) is 0.347. The van der Waals surface area contributed by atoms with Gasteiger partial charge in [0, 0.05) is 6.54 Å². The Morgan fingerprint density at radius 2 is 1.67 bits per heavy atom. The summed E-state index contributed by atoms with van der Waals surface area (Å²) in [5.41, 5.74) is 4.61. The number of carbonyl (C=O) groups excluding carboxylic acids is 1. The van der Waals surface area contributed by atoms with Crippen LogP contribution >= 0.6 is 0 Å². The number of halogens is 7. The standard InChI is InChI=1S/C25H28F7N3O/c1-14-10-19(26)6-7-20(14)21-5-3-4-8-35(21)23(36)34-22(33)15(2)9-16-11-17(24(27,28)29)13-18(12-16)25(30,31)32/h6-7,10-13,15,21-22H,3-5,8-9,33H2,1-2H3,(H,34,36). The van der Waals surface area contributed by atoms with Crippen molar-refractivity contribution in [3.05, 3.63) is 70.0 Å². The van der Waals surface area contributed by atoms with Crippen molar-refractivity contribution in [2.45, 2.75) is 64.1 Å². The van der Waals surface area contributed by atoms with Crippen molar-refractivity contribution >= 4 is 6.03 Å². The number of likely N-dealkylation sites (tertiary alicyclic amines) is 1. The van der Waals surface area contributed by atoms with Gasteiger partial charge in [-0.05, 0) is 85.5 Å². The summed E-state index contributed by atoms with van der Waals surface area (Å²) < 4.78 is 92.5. The topological polar surface area (TPSA) is 58.4 Å². The van der Waals surface area contributed by atoms with Gasteiger partial charge in [-0.25, -0.2) is 9.18 Å². The molecule has 4 nitrogen and oxygen atoms in total. The predicted octanol–water partition coefficient (Wildman–Crippen LogP) is 6.57. The first kappa shape index (κ1) is 27.8. The summed E-state index contributed by atoms with van der Waals surface area (Å²) in [6, 6.07) is 4.95. The van der Waals surface area contributed by atoms with Gasteiger partial charge in [0.1, 0.15) is 5.82 Å². The molecule has 3 atom stereocenters. The van der Waals surface area contributed by atoms with Gasteiger partial charge >= 0.3 is 18.4 Å². The Morgan fingerprint density at radius 3 is 2.22 bits per heavy atom. The van der Waals surface area contributed by atoms with E-state index in [9.17, 15) is 35.5 Å². The van der Waals surface area contributed by atoms with Gasteiger partial charge in [0.15, 0.2) is 0 Å². The predicted molar refractivity (Wildman–Crippen MR) is 120 cm³/mol. The molecule has 0 spiro atoms. The lowest BCUT2D eigenvalue weighted by Gasteiger charge is -2.38. The number of hydrogen-bond donors (Lipinski definition) is 2. The van der Waals surface area contributed by atoms with E-state index in [-0.39, 0.29) is 29.9 Å². The lowest BCUT2D eigenvalue weighted by atomic mass is 9.92. The third kappa shape index (κ3) is 6.68. The molecule has 3 unspecified atom stereocenters. The van der Waals surface area contributed by atoms with Gasteiger partial charge in [0.05, 0.1) is 23.3 Å². The Morgan fingerprint density at radius 1 is 1.06 bits per heavy atom. The fraction of sp³-hybridized carbons (Fsp3) is 0.480. The number of rotatable bonds is 5. The molecule has 2 aromatic carbocycles. The second kappa shape index (κ2) is 10.7. The number of nitrogens with zero attached hydrogens (tertiary/aromatic N) is 1. The SMILES string of the molecule is Cc1cc(F)ccc1C1CCCCN1C(=O)NC(N)C(C)Cc1cc(C(F)(F)F)cc(C(F)(F)F)c1. The summed E-state index contributed by atoms with van der Waals surface area (Å²) >= 11 is 0. The van der Waals surface area contributed by atoms with Crippen LogP contribution in [0.1, 0.15) is 60.0 Å². The fourth-order valence-electron chi connectivity index (χ4n) is 4.51. The van der Waals surface area contributed by atoms with Gasteiger partial charge in [-0.3, -0.25) is 0 Å². The van der Waals surface area contributed by atoms with E-state index in [0.717, 1.165) is 18.4 Å². The summed E-state index contributed by atoms with van der Waals surface area (Å²) in [7, 11) is 0. The van der Waals surface area contributed by atoms with Crippen LogP contribution in [0.3, 0.4) is 0 Å². The number of aryl methyl sites for hydroxylation is 1. The molecule has 0 radical (unpaired) electrons. The highest BCUT2D eigenvalue weighted by Crippen LogP contribution is 2.37. The van der Waals surface area contributed by atoms with E-state index in [1.165, 1.54) is 19.1 Å². The average Bonchev–Trinajstić information content (AvgIpc) is 2.77. The minimum Gasteiger partial charge on any atom is -0.323 e. The molecule has 0 aromatic heterocycles. The number of carbonyl (C=O) groups is 1. The van der Waals surface area contributed by atoms with Gasteiger partial charge in [0.2, 0.25) is 0 Å². The van der Waals surface area contributed by atoms with Crippen molar-refractivity contribution in [1.82, 2.24) is 10.2 Å². The Hall–Kier alpha value is -2.82. The number of hydrogen-bond acceptors (Lipinski definition) is 2. The Labute approximate surface area is 204 Å². The number of nitrogens with one attached hydrogen (secondary N) is 1. The first-order chi connectivity index (χ1) is 16.7. The van der Waals surface area contributed by atoms with Crippen LogP contribution in [-0.2, 0) is 18.8 Å². The highest BCUT2D eigenvalue weighted by Gasteiger charge is 2.37. The Kier molecular flexibility index (Phi) is 8.22. The molecule has 1 heterocycles. The van der Waals surface area contributed by atoms with E-state index in [1.807, 2.05) is 0 Å². The molecular formula is C25H28F7N3O. The van der Waals surface area contributed by atoms with Crippen LogP contribution in [0.5, 0.6) is 0 Å². The fourth-order valence-corrected chi connectivity index (χ4v) is 4.51. The van der Waals surface area contributed by atoms with Crippen LogP contribution in [0.15, 0.2) is 36.4 Å². The zero-order valence-electron chi connectivity index (χ0n) is 19.8. The largest absolute Gasteiger partial charge is 0.416 e. The highest BCUT2D eigenvalue weighted by atomic mass is 19.4. The molecular weight excluding hydrogens is 491 g/mol. The third-order valence-corrected chi connectivity index (χ3v) is 6.46. The van der Waals surface area contributed by atoms with Crippen molar-refractivity contribution in [2.24, 2.45) is 11.7 Å². The molecule has 1 aliphatic heterocycles. The van der Waals surface area contributed by atoms with E-state index in [0.29, 0.717) is 30.7 Å². The molecule has 0 aliphatic carbocycles. The maximum Gasteiger partial charge on any atom is 0.416 e. The summed E-state index contributed by atoms with van der Waals surface area (Å²) in [6.45, 7) is 3.72. The number of nitrogens with two attached hydrogens (primary N) is 1. The lowest BCUT2D eigenvalue weighted by molar-refractivity contribution is -0.143. The molecule has 11 heteroatoms. The summed E-state index contributed by atoms with van der Waals surface area (Å²) in [5.74, 6) is -1.06. The third-order valence-electron chi connectivity index (χ3n) is 6.46. The van der Waals surface area contributed by atoms with Crippen molar-refractivity contribution < 1.29 is 35.5 Å². The molecule has 1 saturated heterocycles. The summed E-state index contributed by atoms with van der Waals surface area (Å²) in [4.78, 5) is 14.6. The molecule has 0 saturated carbocycles. The molecule has 1 aliphatic rings. The molecule has 3 rings (SSSR count). The van der Waals surface area contributed by atoms with Gasteiger partial charge in [-0.2, -0.15) is 26.3 Å². The zero-order valence-corrected chi connectivity index (χ0v) is 19.8. The number of piperidine rings is 1. The Balaban J connectivity index is 1.74.